The van der Waals surface area contributed by atoms with Gasteiger partial charge in [-0.25, -0.2) is 0 Å². The molecular weight excluding hydrogens is 418 g/mol. The van der Waals surface area contributed by atoms with E-state index >= 15 is 0 Å². The van der Waals surface area contributed by atoms with Gasteiger partial charge in [-0.2, -0.15) is 0 Å². The first-order valence-corrected chi connectivity index (χ1v) is 11.3. The normalized spacial score (nSPS) is 17.9. The molecule has 7 nitrogen and oxygen atoms in total. The van der Waals surface area contributed by atoms with E-state index in [9.17, 15) is 9.59 Å². The molecule has 2 aromatic carbocycles. The number of nitrogens with one attached hydrogen (secondary N) is 2. The molecule has 2 N–H and O–H groups in total. The van der Waals surface area contributed by atoms with Gasteiger partial charge in [0, 0.05) is 23.4 Å². The molecule has 7 heteroatoms. The second-order valence-corrected chi connectivity index (χ2v) is 8.75. The number of nitrogens with zero attached hydrogens (tertiary/aromatic N) is 1. The number of aromatic nitrogens is 1. The molecule has 4 rings (SSSR count). The Morgan fingerprint density at radius 1 is 1.03 bits per heavy atom. The van der Waals surface area contributed by atoms with Gasteiger partial charge in [0.25, 0.3) is 11.8 Å². The minimum Gasteiger partial charge on any atom is -0.486 e. The molecule has 0 unspecified atom stereocenters. The van der Waals surface area contributed by atoms with Gasteiger partial charge in [-0.3, -0.25) is 9.59 Å². The SMILES string of the molecule is Cc1cccc(C(=O)Nc2ccc(OCc3cc(C(=O)NC4CCC(C)CC4)no3)cc2)c1. The quantitative estimate of drug-likeness (QED) is 0.524. The maximum Gasteiger partial charge on any atom is 0.273 e. The van der Waals surface area contributed by atoms with Gasteiger partial charge in [0.15, 0.2) is 11.5 Å². The lowest BCUT2D eigenvalue weighted by Crippen LogP contribution is -2.37. The van der Waals surface area contributed by atoms with Crippen LogP contribution in [0.25, 0.3) is 0 Å². The first kappa shape index (κ1) is 22.6. The highest BCUT2D eigenvalue weighted by Gasteiger charge is 2.22. The number of carbonyl (C=O) groups excluding carboxylic acids is 2. The van der Waals surface area contributed by atoms with Crippen LogP contribution in [0.3, 0.4) is 0 Å². The molecular formula is C26H29N3O4. The van der Waals surface area contributed by atoms with E-state index in [1.165, 1.54) is 0 Å². The van der Waals surface area contributed by atoms with Crippen LogP contribution in [0.1, 0.15) is 64.8 Å². The second kappa shape index (κ2) is 10.3. The highest BCUT2D eigenvalue weighted by Crippen LogP contribution is 2.24. The summed E-state index contributed by atoms with van der Waals surface area (Å²) in [5.41, 5.74) is 2.58. The Morgan fingerprint density at radius 2 is 1.79 bits per heavy atom. The Labute approximate surface area is 193 Å². The Balaban J connectivity index is 1.26. The first-order chi connectivity index (χ1) is 16.0. The highest BCUT2D eigenvalue weighted by molar-refractivity contribution is 6.04. The number of hydrogen-bond donors (Lipinski definition) is 2. The van der Waals surface area contributed by atoms with Gasteiger partial charge in [0.1, 0.15) is 12.4 Å². The molecule has 1 fully saturated rings. The van der Waals surface area contributed by atoms with Crippen LogP contribution in [0.2, 0.25) is 0 Å². The summed E-state index contributed by atoms with van der Waals surface area (Å²) < 4.78 is 11.0. The van der Waals surface area contributed by atoms with Gasteiger partial charge >= 0.3 is 0 Å². The largest absolute Gasteiger partial charge is 0.486 e. The van der Waals surface area contributed by atoms with Crippen molar-refractivity contribution < 1.29 is 18.8 Å². The van der Waals surface area contributed by atoms with Crippen molar-refractivity contribution in [3.8, 4) is 5.75 Å². The molecule has 0 aliphatic heterocycles. The Morgan fingerprint density at radius 3 is 2.52 bits per heavy atom. The second-order valence-electron chi connectivity index (χ2n) is 8.75. The number of ether oxygens (including phenoxy) is 1. The number of amides is 2. The van der Waals surface area contributed by atoms with Crippen LogP contribution in [-0.4, -0.2) is 23.0 Å². The molecule has 1 heterocycles. The minimum atomic E-state index is -0.210. The topological polar surface area (TPSA) is 93.5 Å². The standard InChI is InChI=1S/C26H29N3O4/c1-17-6-8-20(9-7-17)28-26(31)24-15-23(33-29-24)16-32-22-12-10-21(11-13-22)27-25(30)19-5-3-4-18(2)14-19/h3-5,10-15,17,20H,6-9,16H2,1-2H3,(H,27,30)(H,28,31). The van der Waals surface area contributed by atoms with E-state index in [0.29, 0.717) is 22.8 Å². The summed E-state index contributed by atoms with van der Waals surface area (Å²) in [7, 11) is 0. The van der Waals surface area contributed by atoms with E-state index < -0.39 is 0 Å². The predicted octanol–water partition coefficient (Wildman–Crippen LogP) is 5.12. The third-order valence-electron chi connectivity index (χ3n) is 5.92. The molecule has 1 aliphatic carbocycles. The maximum absolute atomic E-state index is 12.4. The highest BCUT2D eigenvalue weighted by atomic mass is 16.5. The summed E-state index contributed by atoms with van der Waals surface area (Å²) >= 11 is 0. The maximum atomic E-state index is 12.4. The van der Waals surface area contributed by atoms with Gasteiger partial charge in [-0.1, -0.05) is 29.8 Å². The summed E-state index contributed by atoms with van der Waals surface area (Å²) in [4.78, 5) is 24.8. The number of aryl methyl sites for hydroxylation is 1. The zero-order chi connectivity index (χ0) is 23.2. The van der Waals surface area contributed by atoms with Gasteiger partial charge in [-0.05, 0) is 74.9 Å². The smallest absolute Gasteiger partial charge is 0.273 e. The predicted molar refractivity (Wildman–Crippen MR) is 125 cm³/mol. The van der Waals surface area contributed by atoms with Crippen LogP contribution < -0.4 is 15.4 Å². The number of benzene rings is 2. The summed E-state index contributed by atoms with van der Waals surface area (Å²) in [6, 6.07) is 16.3. The van der Waals surface area contributed by atoms with Crippen molar-refractivity contribution in [1.29, 1.82) is 0 Å². The molecule has 1 aromatic heterocycles. The van der Waals surface area contributed by atoms with Crippen molar-refractivity contribution >= 4 is 17.5 Å². The number of hydrogen-bond acceptors (Lipinski definition) is 5. The lowest BCUT2D eigenvalue weighted by molar-refractivity contribution is 0.0913. The van der Waals surface area contributed by atoms with Crippen molar-refractivity contribution in [1.82, 2.24) is 10.5 Å². The molecule has 0 spiro atoms. The summed E-state index contributed by atoms with van der Waals surface area (Å²) in [6.07, 6.45) is 4.28. The van der Waals surface area contributed by atoms with Crippen LogP contribution in [0, 0.1) is 12.8 Å². The fourth-order valence-electron chi connectivity index (χ4n) is 3.93. The monoisotopic (exact) mass is 447 g/mol. The number of rotatable bonds is 7. The summed E-state index contributed by atoms with van der Waals surface area (Å²) in [6.45, 7) is 4.34. The summed E-state index contributed by atoms with van der Waals surface area (Å²) in [5.74, 6) is 1.43. The Kier molecular flexibility index (Phi) is 7.07. The molecule has 0 atom stereocenters. The fraction of sp³-hybridized carbons (Fsp3) is 0.346. The van der Waals surface area contributed by atoms with E-state index in [4.69, 9.17) is 9.26 Å². The third kappa shape index (κ3) is 6.22. The van der Waals surface area contributed by atoms with Crippen LogP contribution >= 0.6 is 0 Å². The molecule has 2 amide bonds. The molecule has 1 saturated carbocycles. The number of anilines is 1. The van der Waals surface area contributed by atoms with E-state index in [-0.39, 0.29) is 30.2 Å². The molecule has 0 saturated heterocycles. The Hall–Kier alpha value is -3.61. The average Bonchev–Trinajstić information content (AvgIpc) is 3.29. The van der Waals surface area contributed by atoms with Crippen molar-refractivity contribution in [2.75, 3.05) is 5.32 Å². The van der Waals surface area contributed by atoms with E-state index in [2.05, 4.69) is 22.7 Å². The van der Waals surface area contributed by atoms with Gasteiger partial charge in [0.05, 0.1) is 0 Å². The van der Waals surface area contributed by atoms with Gasteiger partial charge in [-0.15, -0.1) is 0 Å². The first-order valence-electron chi connectivity index (χ1n) is 11.3. The third-order valence-corrected chi connectivity index (χ3v) is 5.92. The Bertz CT molecular complexity index is 1100. The average molecular weight is 448 g/mol. The van der Waals surface area contributed by atoms with Crippen LogP contribution in [0.5, 0.6) is 5.75 Å². The molecule has 3 aromatic rings. The summed E-state index contributed by atoms with van der Waals surface area (Å²) in [5, 5.41) is 9.79. The van der Waals surface area contributed by atoms with Crippen molar-refractivity contribution in [2.24, 2.45) is 5.92 Å². The molecule has 0 radical (unpaired) electrons. The molecule has 33 heavy (non-hydrogen) atoms. The zero-order valence-corrected chi connectivity index (χ0v) is 19.0. The van der Waals surface area contributed by atoms with Crippen molar-refractivity contribution in [3.05, 3.63) is 77.2 Å². The van der Waals surface area contributed by atoms with Crippen LogP contribution in [0.15, 0.2) is 59.1 Å². The van der Waals surface area contributed by atoms with Crippen molar-refractivity contribution in [3.63, 3.8) is 0 Å². The minimum absolute atomic E-state index is 0.149. The molecule has 172 valence electrons. The van der Waals surface area contributed by atoms with Gasteiger partial charge < -0.3 is 19.9 Å². The van der Waals surface area contributed by atoms with Gasteiger partial charge in [0.2, 0.25) is 0 Å². The van der Waals surface area contributed by atoms with E-state index in [0.717, 1.165) is 37.2 Å². The fourth-order valence-corrected chi connectivity index (χ4v) is 3.93. The van der Waals surface area contributed by atoms with Crippen LogP contribution in [-0.2, 0) is 6.61 Å². The molecule has 0 bridgehead atoms. The number of carbonyl (C=O) groups is 2. The van der Waals surface area contributed by atoms with E-state index in [1.807, 2.05) is 25.1 Å². The molecule has 1 aliphatic rings. The zero-order valence-electron chi connectivity index (χ0n) is 19.0. The lowest BCUT2D eigenvalue weighted by Gasteiger charge is -2.26. The lowest BCUT2D eigenvalue weighted by atomic mass is 9.87. The van der Waals surface area contributed by atoms with E-state index in [1.54, 1.807) is 36.4 Å². The van der Waals surface area contributed by atoms with Crippen molar-refractivity contribution in [2.45, 2.75) is 52.2 Å². The van der Waals surface area contributed by atoms with Crippen LogP contribution in [0.4, 0.5) is 5.69 Å².